The van der Waals surface area contributed by atoms with Crippen LogP contribution in [0.3, 0.4) is 0 Å². The molecule has 0 aliphatic rings. The second kappa shape index (κ2) is 2.93. The SMILES string of the molecule is NS(=O)(=O)c1ccc(Cl)c(O)c1. The van der Waals surface area contributed by atoms with Crippen LogP contribution >= 0.6 is 11.6 Å². The second-order valence-electron chi connectivity index (χ2n) is 2.16. The van der Waals surface area contributed by atoms with Crippen LogP contribution in [0.4, 0.5) is 0 Å². The van der Waals surface area contributed by atoms with Gasteiger partial charge in [0.25, 0.3) is 0 Å². The molecule has 1 aromatic rings. The lowest BCUT2D eigenvalue weighted by Gasteiger charge is -1.99. The maximum atomic E-state index is 10.7. The molecule has 4 nitrogen and oxygen atoms in total. The Balaban J connectivity index is 3.33. The Labute approximate surface area is 74.6 Å². The number of aromatic hydroxyl groups is 1. The van der Waals surface area contributed by atoms with Crippen LogP contribution in [-0.4, -0.2) is 13.5 Å². The van der Waals surface area contributed by atoms with Gasteiger partial charge in [-0.2, -0.15) is 0 Å². The zero-order chi connectivity index (χ0) is 9.35. The van der Waals surface area contributed by atoms with E-state index in [1.807, 2.05) is 0 Å². The van der Waals surface area contributed by atoms with Crippen molar-refractivity contribution in [3.8, 4) is 5.75 Å². The van der Waals surface area contributed by atoms with E-state index in [0.29, 0.717) is 0 Å². The van der Waals surface area contributed by atoms with Crippen molar-refractivity contribution in [2.24, 2.45) is 5.14 Å². The summed E-state index contributed by atoms with van der Waals surface area (Å²) in [4.78, 5) is -0.163. The Kier molecular flexibility index (Phi) is 2.27. The lowest BCUT2D eigenvalue weighted by Crippen LogP contribution is -2.11. The van der Waals surface area contributed by atoms with Gasteiger partial charge in [-0.3, -0.25) is 0 Å². The number of rotatable bonds is 1. The third-order valence-electron chi connectivity index (χ3n) is 1.25. The van der Waals surface area contributed by atoms with Crippen LogP contribution in [0.15, 0.2) is 23.1 Å². The highest BCUT2D eigenvalue weighted by atomic mass is 35.5. The van der Waals surface area contributed by atoms with E-state index in [1.54, 1.807) is 0 Å². The van der Waals surface area contributed by atoms with Gasteiger partial charge in [-0.05, 0) is 12.1 Å². The van der Waals surface area contributed by atoms with Gasteiger partial charge in [-0.15, -0.1) is 0 Å². The summed E-state index contributed by atoms with van der Waals surface area (Å²) in [5.41, 5.74) is 0. The third kappa shape index (κ3) is 1.88. The highest BCUT2D eigenvalue weighted by Gasteiger charge is 2.09. The van der Waals surface area contributed by atoms with Crippen molar-refractivity contribution in [3.05, 3.63) is 23.2 Å². The molecule has 0 amide bonds. The first-order valence-corrected chi connectivity index (χ1v) is 4.85. The first kappa shape index (κ1) is 9.31. The molecule has 6 heteroatoms. The molecular formula is C6H6ClNO3S. The Morgan fingerprint density at radius 2 is 2.00 bits per heavy atom. The van der Waals surface area contributed by atoms with Crippen LogP contribution in [0.25, 0.3) is 0 Å². The van der Waals surface area contributed by atoms with Crippen molar-refractivity contribution in [2.75, 3.05) is 0 Å². The van der Waals surface area contributed by atoms with Crippen LogP contribution in [0.2, 0.25) is 5.02 Å². The molecule has 0 unspecified atom stereocenters. The van der Waals surface area contributed by atoms with Crippen molar-refractivity contribution >= 4 is 21.6 Å². The molecule has 0 aromatic heterocycles. The number of phenolic OH excluding ortho intramolecular Hbond substituents is 1. The summed E-state index contributed by atoms with van der Waals surface area (Å²) in [5, 5.41) is 13.9. The summed E-state index contributed by atoms with van der Waals surface area (Å²) < 4.78 is 21.4. The van der Waals surface area contributed by atoms with Gasteiger partial charge in [-0.25, -0.2) is 13.6 Å². The summed E-state index contributed by atoms with van der Waals surface area (Å²) in [6.45, 7) is 0. The van der Waals surface area contributed by atoms with E-state index in [4.69, 9.17) is 21.8 Å². The molecule has 0 spiro atoms. The molecule has 0 saturated heterocycles. The maximum absolute atomic E-state index is 10.7. The zero-order valence-corrected chi connectivity index (χ0v) is 7.43. The Hall–Kier alpha value is -0.780. The highest BCUT2D eigenvalue weighted by molar-refractivity contribution is 7.89. The van der Waals surface area contributed by atoms with Gasteiger partial charge in [0.15, 0.2) is 0 Å². The maximum Gasteiger partial charge on any atom is 0.238 e. The predicted molar refractivity (Wildman–Crippen MR) is 44.5 cm³/mol. The van der Waals surface area contributed by atoms with E-state index < -0.39 is 10.0 Å². The van der Waals surface area contributed by atoms with Crippen LogP contribution in [0.1, 0.15) is 0 Å². The molecule has 12 heavy (non-hydrogen) atoms. The monoisotopic (exact) mass is 207 g/mol. The van der Waals surface area contributed by atoms with E-state index in [9.17, 15) is 8.42 Å². The van der Waals surface area contributed by atoms with Crippen LogP contribution in [-0.2, 0) is 10.0 Å². The van der Waals surface area contributed by atoms with Gasteiger partial charge in [0.2, 0.25) is 10.0 Å². The smallest absolute Gasteiger partial charge is 0.238 e. The van der Waals surface area contributed by atoms with Crippen LogP contribution < -0.4 is 5.14 Å². The van der Waals surface area contributed by atoms with Crippen LogP contribution in [0.5, 0.6) is 5.75 Å². The molecule has 0 aliphatic heterocycles. The number of hydrogen-bond donors (Lipinski definition) is 2. The van der Waals surface area contributed by atoms with Gasteiger partial charge in [0.05, 0.1) is 9.92 Å². The summed E-state index contributed by atoms with van der Waals surface area (Å²) in [6.07, 6.45) is 0. The molecule has 1 aromatic carbocycles. The largest absolute Gasteiger partial charge is 0.506 e. The van der Waals surface area contributed by atoms with E-state index in [2.05, 4.69) is 0 Å². The first-order valence-electron chi connectivity index (χ1n) is 2.92. The minimum absolute atomic E-state index is 0.0856. The molecule has 3 N–H and O–H groups in total. The average Bonchev–Trinajstić information content (AvgIpc) is 1.92. The summed E-state index contributed by atoms with van der Waals surface area (Å²) in [5.74, 6) is -0.303. The van der Waals surface area contributed by atoms with Gasteiger partial charge in [-0.1, -0.05) is 11.6 Å². The van der Waals surface area contributed by atoms with Crippen molar-refractivity contribution < 1.29 is 13.5 Å². The fraction of sp³-hybridized carbons (Fsp3) is 0. The van der Waals surface area contributed by atoms with Crippen LogP contribution in [0, 0.1) is 0 Å². The van der Waals surface area contributed by atoms with E-state index in [0.717, 1.165) is 6.07 Å². The Morgan fingerprint density at radius 1 is 1.42 bits per heavy atom. The molecule has 0 heterocycles. The van der Waals surface area contributed by atoms with E-state index in [1.165, 1.54) is 12.1 Å². The van der Waals surface area contributed by atoms with Crippen molar-refractivity contribution in [1.29, 1.82) is 0 Å². The van der Waals surface area contributed by atoms with Gasteiger partial charge >= 0.3 is 0 Å². The Morgan fingerprint density at radius 3 is 2.42 bits per heavy atom. The molecule has 0 saturated carbocycles. The molecule has 0 aliphatic carbocycles. The molecule has 66 valence electrons. The predicted octanol–water partition coefficient (Wildman–Crippen LogP) is 0.693. The van der Waals surface area contributed by atoms with Crippen molar-refractivity contribution in [1.82, 2.24) is 0 Å². The van der Waals surface area contributed by atoms with E-state index >= 15 is 0 Å². The van der Waals surface area contributed by atoms with Crippen molar-refractivity contribution in [3.63, 3.8) is 0 Å². The lowest BCUT2D eigenvalue weighted by molar-refractivity contribution is 0.473. The van der Waals surface area contributed by atoms with Crippen molar-refractivity contribution in [2.45, 2.75) is 4.90 Å². The molecule has 1 rings (SSSR count). The quantitative estimate of drug-likeness (QED) is 0.711. The summed E-state index contributed by atoms with van der Waals surface area (Å²) in [6, 6.07) is 3.48. The topological polar surface area (TPSA) is 80.4 Å². The number of phenols is 1. The van der Waals surface area contributed by atoms with Gasteiger partial charge in [0.1, 0.15) is 5.75 Å². The number of primary sulfonamides is 1. The highest BCUT2D eigenvalue weighted by Crippen LogP contribution is 2.24. The summed E-state index contributed by atoms with van der Waals surface area (Å²) in [7, 11) is -3.76. The lowest BCUT2D eigenvalue weighted by atomic mass is 10.3. The molecule has 0 fully saturated rings. The number of nitrogens with two attached hydrogens (primary N) is 1. The minimum atomic E-state index is -3.76. The molecule has 0 bridgehead atoms. The van der Waals surface area contributed by atoms with E-state index in [-0.39, 0.29) is 15.7 Å². The van der Waals surface area contributed by atoms with Gasteiger partial charge < -0.3 is 5.11 Å². The normalized spacial score (nSPS) is 11.5. The third-order valence-corrected chi connectivity index (χ3v) is 2.48. The summed E-state index contributed by atoms with van der Waals surface area (Å²) >= 11 is 5.45. The number of benzene rings is 1. The number of halogens is 1. The average molecular weight is 208 g/mol. The fourth-order valence-electron chi connectivity index (χ4n) is 0.669. The minimum Gasteiger partial charge on any atom is -0.506 e. The zero-order valence-electron chi connectivity index (χ0n) is 5.86. The molecule has 0 atom stereocenters. The fourth-order valence-corrected chi connectivity index (χ4v) is 1.32. The number of hydrogen-bond acceptors (Lipinski definition) is 3. The first-order chi connectivity index (χ1) is 5.41. The molecular weight excluding hydrogens is 202 g/mol. The second-order valence-corrected chi connectivity index (χ2v) is 4.13. The molecule has 0 radical (unpaired) electrons. The van der Waals surface area contributed by atoms with Gasteiger partial charge in [0, 0.05) is 6.07 Å². The Bertz CT molecular complexity index is 401. The number of sulfonamides is 1. The standard InChI is InChI=1S/C6H6ClNO3S/c7-5-2-1-4(3-6(5)9)12(8,10)11/h1-3,9H,(H2,8,10,11).